The van der Waals surface area contributed by atoms with Crippen LogP contribution in [0.3, 0.4) is 0 Å². The predicted molar refractivity (Wildman–Crippen MR) is 72.2 cm³/mol. The lowest BCUT2D eigenvalue weighted by Gasteiger charge is -2.44. The van der Waals surface area contributed by atoms with Gasteiger partial charge < -0.3 is 10.1 Å². The first-order valence-electron chi connectivity index (χ1n) is 7.50. The maximum Gasteiger partial charge on any atom is 0.0805 e. The Morgan fingerprint density at radius 1 is 1.12 bits per heavy atom. The minimum absolute atomic E-state index is 0.0369. The third-order valence-corrected chi connectivity index (χ3v) is 4.89. The first-order valence-corrected chi connectivity index (χ1v) is 7.50. The van der Waals surface area contributed by atoms with Gasteiger partial charge >= 0.3 is 0 Å². The molecule has 0 radical (unpaired) electrons. The average molecular weight is 239 g/mol. The van der Waals surface area contributed by atoms with Crippen molar-refractivity contribution in [2.45, 2.75) is 71.0 Å². The standard InChI is InChI=1S/C15H29NO/c1-12(2)15(3)11-16-10-14(17-15)13-8-6-4-5-7-9-13/h12-14,16H,4-11H2,1-3H3. The topological polar surface area (TPSA) is 21.3 Å². The maximum atomic E-state index is 6.47. The van der Waals surface area contributed by atoms with Crippen LogP contribution < -0.4 is 5.32 Å². The second kappa shape index (κ2) is 5.71. The van der Waals surface area contributed by atoms with E-state index in [1.54, 1.807) is 0 Å². The smallest absolute Gasteiger partial charge is 0.0805 e. The SMILES string of the molecule is CC(C)C1(C)CNCC(C2CCCCCC2)O1. The number of hydrogen-bond donors (Lipinski definition) is 1. The number of nitrogens with one attached hydrogen (secondary N) is 1. The lowest BCUT2D eigenvalue weighted by atomic mass is 9.87. The minimum Gasteiger partial charge on any atom is -0.369 e. The van der Waals surface area contributed by atoms with Crippen molar-refractivity contribution in [3.8, 4) is 0 Å². The van der Waals surface area contributed by atoms with Crippen molar-refractivity contribution in [1.82, 2.24) is 5.32 Å². The van der Waals surface area contributed by atoms with Gasteiger partial charge in [-0.1, -0.05) is 39.5 Å². The Kier molecular flexibility index (Phi) is 4.48. The Morgan fingerprint density at radius 3 is 2.35 bits per heavy atom. The summed E-state index contributed by atoms with van der Waals surface area (Å²) in [6.45, 7) is 8.89. The molecule has 2 heteroatoms. The van der Waals surface area contributed by atoms with Crippen molar-refractivity contribution in [2.75, 3.05) is 13.1 Å². The fourth-order valence-electron chi connectivity index (χ4n) is 3.18. The molecule has 0 amide bonds. The largest absolute Gasteiger partial charge is 0.369 e. The molecule has 0 bridgehead atoms. The highest BCUT2D eigenvalue weighted by atomic mass is 16.5. The monoisotopic (exact) mass is 239 g/mol. The van der Waals surface area contributed by atoms with E-state index >= 15 is 0 Å². The zero-order valence-corrected chi connectivity index (χ0v) is 11.8. The van der Waals surface area contributed by atoms with Gasteiger partial charge in [-0.3, -0.25) is 0 Å². The van der Waals surface area contributed by atoms with Crippen LogP contribution in [0.15, 0.2) is 0 Å². The number of ether oxygens (including phenoxy) is 1. The van der Waals surface area contributed by atoms with Gasteiger partial charge in [0.15, 0.2) is 0 Å². The highest BCUT2D eigenvalue weighted by molar-refractivity contribution is 4.90. The van der Waals surface area contributed by atoms with Crippen LogP contribution in [0.25, 0.3) is 0 Å². The van der Waals surface area contributed by atoms with E-state index in [9.17, 15) is 0 Å². The number of hydrogen-bond acceptors (Lipinski definition) is 2. The van der Waals surface area contributed by atoms with E-state index in [2.05, 4.69) is 26.1 Å². The lowest BCUT2D eigenvalue weighted by Crippen LogP contribution is -2.56. The van der Waals surface area contributed by atoms with Gasteiger partial charge in [0, 0.05) is 13.1 Å². The summed E-state index contributed by atoms with van der Waals surface area (Å²) in [6.07, 6.45) is 8.87. The van der Waals surface area contributed by atoms with Gasteiger partial charge in [-0.2, -0.15) is 0 Å². The lowest BCUT2D eigenvalue weighted by molar-refractivity contribution is -0.149. The Hall–Kier alpha value is -0.0800. The summed E-state index contributed by atoms with van der Waals surface area (Å²) in [5, 5.41) is 3.60. The minimum atomic E-state index is 0.0369. The summed E-state index contributed by atoms with van der Waals surface area (Å²) >= 11 is 0. The van der Waals surface area contributed by atoms with Gasteiger partial charge in [0.05, 0.1) is 11.7 Å². The molecule has 0 aromatic heterocycles. The van der Waals surface area contributed by atoms with Gasteiger partial charge in [0.2, 0.25) is 0 Å². The van der Waals surface area contributed by atoms with Crippen molar-refractivity contribution >= 4 is 0 Å². The molecular formula is C15H29NO. The highest BCUT2D eigenvalue weighted by Crippen LogP contribution is 2.33. The van der Waals surface area contributed by atoms with Gasteiger partial charge in [-0.25, -0.2) is 0 Å². The first-order chi connectivity index (χ1) is 8.12. The second-order valence-corrected chi connectivity index (χ2v) is 6.51. The molecule has 1 saturated heterocycles. The predicted octanol–water partition coefficient (Wildman–Crippen LogP) is 3.36. The zero-order valence-electron chi connectivity index (χ0n) is 11.8. The van der Waals surface area contributed by atoms with Gasteiger partial charge in [-0.15, -0.1) is 0 Å². The van der Waals surface area contributed by atoms with Crippen LogP contribution in [-0.2, 0) is 4.74 Å². The fourth-order valence-corrected chi connectivity index (χ4v) is 3.18. The molecule has 1 heterocycles. The molecular weight excluding hydrogens is 210 g/mol. The summed E-state index contributed by atoms with van der Waals surface area (Å²) in [6, 6.07) is 0. The van der Waals surface area contributed by atoms with Crippen molar-refractivity contribution in [2.24, 2.45) is 11.8 Å². The van der Waals surface area contributed by atoms with Crippen molar-refractivity contribution in [3.05, 3.63) is 0 Å². The van der Waals surface area contributed by atoms with Crippen LogP contribution >= 0.6 is 0 Å². The molecule has 100 valence electrons. The first kappa shape index (κ1) is 13.4. The van der Waals surface area contributed by atoms with Crippen molar-refractivity contribution in [3.63, 3.8) is 0 Å². The Bertz CT molecular complexity index is 233. The Balaban J connectivity index is 1.96. The molecule has 17 heavy (non-hydrogen) atoms. The van der Waals surface area contributed by atoms with Crippen LogP contribution in [0, 0.1) is 11.8 Å². The van der Waals surface area contributed by atoms with Gasteiger partial charge in [0.1, 0.15) is 0 Å². The normalized spacial score (nSPS) is 37.1. The van der Waals surface area contributed by atoms with Crippen molar-refractivity contribution < 1.29 is 4.74 Å². The van der Waals surface area contributed by atoms with Crippen LogP contribution in [0.2, 0.25) is 0 Å². The Morgan fingerprint density at radius 2 is 1.76 bits per heavy atom. The highest BCUT2D eigenvalue weighted by Gasteiger charge is 2.38. The van der Waals surface area contributed by atoms with E-state index in [1.165, 1.54) is 38.5 Å². The molecule has 1 aliphatic heterocycles. The fraction of sp³-hybridized carbons (Fsp3) is 1.00. The third-order valence-electron chi connectivity index (χ3n) is 4.89. The van der Waals surface area contributed by atoms with Gasteiger partial charge in [-0.05, 0) is 31.6 Å². The summed E-state index contributed by atoms with van der Waals surface area (Å²) in [5.74, 6) is 1.38. The van der Waals surface area contributed by atoms with E-state index in [1.807, 2.05) is 0 Å². The maximum absolute atomic E-state index is 6.47. The van der Waals surface area contributed by atoms with E-state index < -0.39 is 0 Å². The molecule has 1 saturated carbocycles. The quantitative estimate of drug-likeness (QED) is 0.746. The van der Waals surface area contributed by atoms with E-state index in [4.69, 9.17) is 4.74 Å². The molecule has 2 unspecified atom stereocenters. The molecule has 1 aliphatic carbocycles. The summed E-state index contributed by atoms with van der Waals surface area (Å²) in [7, 11) is 0. The summed E-state index contributed by atoms with van der Waals surface area (Å²) in [4.78, 5) is 0. The Labute approximate surface area is 107 Å². The zero-order chi connectivity index (χ0) is 12.3. The molecule has 2 nitrogen and oxygen atoms in total. The molecule has 0 aromatic carbocycles. The molecule has 1 N–H and O–H groups in total. The van der Waals surface area contributed by atoms with Crippen LogP contribution in [0.1, 0.15) is 59.3 Å². The number of rotatable bonds is 2. The molecule has 2 aliphatic rings. The summed E-state index contributed by atoms with van der Waals surface area (Å²) < 4.78 is 6.47. The molecule has 0 spiro atoms. The molecule has 2 fully saturated rings. The molecule has 2 atom stereocenters. The summed E-state index contributed by atoms with van der Waals surface area (Å²) in [5.41, 5.74) is 0.0369. The van der Waals surface area contributed by atoms with Gasteiger partial charge in [0.25, 0.3) is 0 Å². The van der Waals surface area contributed by atoms with E-state index in [0.717, 1.165) is 19.0 Å². The molecule has 2 rings (SSSR count). The van der Waals surface area contributed by atoms with E-state index in [0.29, 0.717) is 12.0 Å². The third kappa shape index (κ3) is 3.23. The van der Waals surface area contributed by atoms with Crippen molar-refractivity contribution in [1.29, 1.82) is 0 Å². The average Bonchev–Trinajstić information content (AvgIpc) is 2.57. The second-order valence-electron chi connectivity index (χ2n) is 6.51. The van der Waals surface area contributed by atoms with Crippen LogP contribution in [0.4, 0.5) is 0 Å². The van der Waals surface area contributed by atoms with Crippen LogP contribution in [-0.4, -0.2) is 24.8 Å². The molecule has 0 aromatic rings. The van der Waals surface area contributed by atoms with E-state index in [-0.39, 0.29) is 5.60 Å². The number of morpholine rings is 1. The van der Waals surface area contributed by atoms with Crippen LogP contribution in [0.5, 0.6) is 0 Å².